The summed E-state index contributed by atoms with van der Waals surface area (Å²) in [6.45, 7) is 3.77. The molecule has 0 spiro atoms. The van der Waals surface area contributed by atoms with Crippen molar-refractivity contribution in [3.05, 3.63) is 41.0 Å². The van der Waals surface area contributed by atoms with E-state index >= 15 is 0 Å². The lowest BCUT2D eigenvalue weighted by Crippen LogP contribution is -2.32. The summed E-state index contributed by atoms with van der Waals surface area (Å²) >= 11 is 4.59. The number of benzene rings is 1. The molecule has 1 aromatic heterocycles. The third-order valence-electron chi connectivity index (χ3n) is 3.76. The van der Waals surface area contributed by atoms with Crippen molar-refractivity contribution in [1.82, 2.24) is 9.03 Å². The summed E-state index contributed by atoms with van der Waals surface area (Å²) in [5.41, 5.74) is 0.821. The Morgan fingerprint density at radius 1 is 1.30 bits per heavy atom. The van der Waals surface area contributed by atoms with Crippen molar-refractivity contribution in [3.63, 3.8) is 0 Å². The van der Waals surface area contributed by atoms with Crippen LogP contribution in [0.15, 0.2) is 39.4 Å². The number of thiophene rings is 1. The van der Waals surface area contributed by atoms with Gasteiger partial charge in [0.25, 0.3) is 0 Å². The highest BCUT2D eigenvalue weighted by molar-refractivity contribution is 7.99. The van der Waals surface area contributed by atoms with E-state index in [1.807, 2.05) is 13.0 Å². The number of aryl methyl sites for hydroxylation is 1. The monoisotopic (exact) mass is 445 g/mol. The van der Waals surface area contributed by atoms with Gasteiger partial charge in [0.05, 0.1) is 16.4 Å². The molecule has 0 bridgehead atoms. The first-order valence-electron chi connectivity index (χ1n) is 8.33. The van der Waals surface area contributed by atoms with E-state index in [-0.39, 0.29) is 18.3 Å². The second-order valence-corrected chi connectivity index (χ2v) is 11.1. The zero-order valence-corrected chi connectivity index (χ0v) is 18.0. The van der Waals surface area contributed by atoms with Crippen LogP contribution in [0.4, 0.5) is 10.1 Å². The number of carbonyl (C=O) groups excluding carboxylic acids is 1. The summed E-state index contributed by atoms with van der Waals surface area (Å²) in [4.78, 5) is 14.0. The smallest absolute Gasteiger partial charge is 0.239 e. The molecule has 0 atom stereocenters. The average Bonchev–Trinajstić information content (AvgIpc) is 2.98. The van der Waals surface area contributed by atoms with E-state index in [9.17, 15) is 13.4 Å². The average molecular weight is 446 g/mol. The second kappa shape index (κ2) is 10.0. The molecule has 1 aromatic carbocycles. The fourth-order valence-electron chi connectivity index (χ4n) is 2.35. The van der Waals surface area contributed by atoms with Crippen LogP contribution in [0.25, 0.3) is 0 Å². The zero-order valence-electron chi connectivity index (χ0n) is 14.7. The maximum atomic E-state index is 12.9. The van der Waals surface area contributed by atoms with Crippen LogP contribution in [0.5, 0.6) is 0 Å². The maximum Gasteiger partial charge on any atom is 0.239 e. The summed E-state index contributed by atoms with van der Waals surface area (Å²) < 4.78 is 30.6. The van der Waals surface area contributed by atoms with Crippen molar-refractivity contribution >= 4 is 57.6 Å². The van der Waals surface area contributed by atoms with Crippen molar-refractivity contribution in [1.29, 1.82) is 0 Å². The molecule has 0 radical (unpaired) electrons. The standard InChI is InChI=1S/C17H20FN3O2S4/c1-12-15(10-17(24-12)26-21-6-8-27(23)9-7-21)20-16(22)11-19-25-14-4-2-13(18)3-5-14/h2-5,10,19H,6-9,11H2,1H3,(H,20,22). The molecule has 0 saturated carbocycles. The molecule has 27 heavy (non-hydrogen) atoms. The maximum absolute atomic E-state index is 12.9. The van der Waals surface area contributed by atoms with Crippen LogP contribution in [0.1, 0.15) is 4.88 Å². The first-order chi connectivity index (χ1) is 13.0. The van der Waals surface area contributed by atoms with Crippen LogP contribution < -0.4 is 10.0 Å². The van der Waals surface area contributed by atoms with E-state index in [1.54, 1.807) is 35.4 Å². The lowest BCUT2D eigenvalue weighted by atomic mass is 10.4. The number of rotatable bonds is 7. The van der Waals surface area contributed by atoms with Crippen LogP contribution in [-0.4, -0.2) is 45.6 Å². The number of carbonyl (C=O) groups is 1. The number of anilines is 1. The predicted octanol–water partition coefficient (Wildman–Crippen LogP) is 3.50. The SMILES string of the molecule is Cc1sc(SN2CCS(=O)CC2)cc1NC(=O)CNSc1ccc(F)cc1. The molecule has 2 heterocycles. The quantitative estimate of drug-likeness (QED) is 0.636. The molecule has 2 N–H and O–H groups in total. The summed E-state index contributed by atoms with van der Waals surface area (Å²) in [5.74, 6) is 1.03. The van der Waals surface area contributed by atoms with Gasteiger partial charge < -0.3 is 5.32 Å². The van der Waals surface area contributed by atoms with E-state index in [0.29, 0.717) is 0 Å². The molecule has 2 aromatic rings. The Kier molecular flexibility index (Phi) is 7.74. The second-order valence-electron chi connectivity index (χ2n) is 5.83. The number of halogens is 1. The fraction of sp³-hybridized carbons (Fsp3) is 0.353. The fourth-order valence-corrected chi connectivity index (χ4v) is 6.60. The third-order valence-corrected chi connectivity index (χ3v) is 8.07. The van der Waals surface area contributed by atoms with E-state index in [4.69, 9.17) is 0 Å². The van der Waals surface area contributed by atoms with Gasteiger partial charge in [-0.1, -0.05) is 0 Å². The van der Waals surface area contributed by atoms with Crippen molar-refractivity contribution in [2.75, 3.05) is 36.5 Å². The van der Waals surface area contributed by atoms with Gasteiger partial charge in [-0.05, 0) is 61.2 Å². The van der Waals surface area contributed by atoms with Gasteiger partial charge in [0, 0.05) is 45.2 Å². The van der Waals surface area contributed by atoms with E-state index in [2.05, 4.69) is 14.3 Å². The van der Waals surface area contributed by atoms with Crippen molar-refractivity contribution < 1.29 is 13.4 Å². The molecule has 0 aliphatic carbocycles. The molecule has 5 nitrogen and oxygen atoms in total. The predicted molar refractivity (Wildman–Crippen MR) is 113 cm³/mol. The first kappa shape index (κ1) is 20.8. The lowest BCUT2D eigenvalue weighted by Gasteiger charge is -2.23. The van der Waals surface area contributed by atoms with E-state index < -0.39 is 10.8 Å². The molecule has 1 aliphatic heterocycles. The Labute approximate surface area is 173 Å². The minimum Gasteiger partial charge on any atom is -0.324 e. The molecule has 3 rings (SSSR count). The Balaban J connectivity index is 1.45. The van der Waals surface area contributed by atoms with Crippen LogP contribution in [0.2, 0.25) is 0 Å². The van der Waals surface area contributed by atoms with Gasteiger partial charge >= 0.3 is 0 Å². The van der Waals surface area contributed by atoms with Gasteiger partial charge in [-0.25, -0.2) is 8.70 Å². The summed E-state index contributed by atoms with van der Waals surface area (Å²) in [6, 6.07) is 8.08. The van der Waals surface area contributed by atoms with Gasteiger partial charge in [-0.3, -0.25) is 13.7 Å². The molecule has 10 heteroatoms. The van der Waals surface area contributed by atoms with Gasteiger partial charge in [-0.2, -0.15) is 0 Å². The summed E-state index contributed by atoms with van der Waals surface area (Å²) in [6.07, 6.45) is 0. The molecular weight excluding hydrogens is 425 g/mol. The highest BCUT2D eigenvalue weighted by atomic mass is 32.2. The van der Waals surface area contributed by atoms with Gasteiger partial charge in [0.1, 0.15) is 5.82 Å². The summed E-state index contributed by atoms with van der Waals surface area (Å²) in [7, 11) is -0.681. The van der Waals surface area contributed by atoms with Crippen LogP contribution in [0, 0.1) is 12.7 Å². The number of nitrogens with one attached hydrogen (secondary N) is 2. The largest absolute Gasteiger partial charge is 0.324 e. The highest BCUT2D eigenvalue weighted by Crippen LogP contribution is 2.35. The number of amides is 1. The first-order valence-corrected chi connectivity index (χ1v) is 12.2. The van der Waals surface area contributed by atoms with E-state index in [1.165, 1.54) is 24.1 Å². The Bertz CT molecular complexity index is 803. The number of hydrogen-bond donors (Lipinski definition) is 2. The van der Waals surface area contributed by atoms with Gasteiger partial charge in [0.15, 0.2) is 0 Å². The molecule has 1 saturated heterocycles. The topological polar surface area (TPSA) is 61.4 Å². The molecule has 146 valence electrons. The zero-order chi connectivity index (χ0) is 19.2. The van der Waals surface area contributed by atoms with Gasteiger partial charge in [0.2, 0.25) is 5.91 Å². The van der Waals surface area contributed by atoms with Gasteiger partial charge in [-0.15, -0.1) is 11.3 Å². The molecular formula is C17H20FN3O2S4. The normalized spacial score (nSPS) is 15.8. The Hall–Kier alpha value is -0.910. The van der Waals surface area contributed by atoms with Crippen molar-refractivity contribution in [2.24, 2.45) is 0 Å². The third kappa shape index (κ3) is 6.58. The van der Waals surface area contributed by atoms with Crippen LogP contribution >= 0.6 is 35.2 Å². The van der Waals surface area contributed by atoms with Crippen molar-refractivity contribution in [3.8, 4) is 0 Å². The minimum atomic E-state index is -0.681. The highest BCUT2D eigenvalue weighted by Gasteiger charge is 2.18. The van der Waals surface area contributed by atoms with Crippen LogP contribution in [-0.2, 0) is 15.6 Å². The van der Waals surface area contributed by atoms with Crippen molar-refractivity contribution in [2.45, 2.75) is 16.0 Å². The van der Waals surface area contributed by atoms with Crippen LogP contribution in [0.3, 0.4) is 0 Å². The lowest BCUT2D eigenvalue weighted by molar-refractivity contribution is -0.115. The Morgan fingerprint density at radius 2 is 2.00 bits per heavy atom. The van der Waals surface area contributed by atoms with E-state index in [0.717, 1.165) is 44.3 Å². The Morgan fingerprint density at radius 3 is 2.70 bits per heavy atom. The number of hydrogen-bond acceptors (Lipinski definition) is 7. The minimum absolute atomic E-state index is 0.129. The molecule has 1 aliphatic rings. The molecule has 1 fully saturated rings. The summed E-state index contributed by atoms with van der Waals surface area (Å²) in [5, 5.41) is 2.93. The molecule has 1 amide bonds. The molecule has 0 unspecified atom stereocenters. The number of nitrogens with zero attached hydrogens (tertiary/aromatic N) is 1.